The molecule has 3 heteroatoms. The van der Waals surface area contributed by atoms with Gasteiger partial charge in [-0.3, -0.25) is 9.97 Å². The van der Waals surface area contributed by atoms with Crippen molar-refractivity contribution in [1.82, 2.24) is 9.97 Å². The van der Waals surface area contributed by atoms with Crippen molar-refractivity contribution in [3.63, 3.8) is 0 Å². The molecule has 0 saturated heterocycles. The van der Waals surface area contributed by atoms with Gasteiger partial charge in [0.15, 0.2) is 6.20 Å². The third kappa shape index (κ3) is 3.92. The number of rotatable bonds is 3. The van der Waals surface area contributed by atoms with E-state index >= 15 is 0 Å². The first kappa shape index (κ1) is 22.1. The second-order valence-corrected chi connectivity index (χ2v) is 10.2. The molecule has 2 aromatic carbocycles. The summed E-state index contributed by atoms with van der Waals surface area (Å²) in [6, 6.07) is 13.3. The standard InChI is InChI=1S/C29H34N3/c1-18(2)25-15-31-26(16-30-25)27-23-12-10-9-11-21(23)17-32(8)28(27)24-14-22(29(5,6)7)13-19(3)20(24)4/h9-18H,1-8H3/q+1. The predicted octanol–water partition coefficient (Wildman–Crippen LogP) is 6.83. The van der Waals surface area contributed by atoms with Gasteiger partial charge < -0.3 is 0 Å². The predicted molar refractivity (Wildman–Crippen MR) is 134 cm³/mol. The largest absolute Gasteiger partial charge is 0.257 e. The van der Waals surface area contributed by atoms with Crippen molar-refractivity contribution in [2.45, 2.75) is 59.8 Å². The van der Waals surface area contributed by atoms with E-state index in [9.17, 15) is 0 Å². The van der Waals surface area contributed by atoms with Gasteiger partial charge in [-0.2, -0.15) is 4.57 Å². The van der Waals surface area contributed by atoms with Crippen molar-refractivity contribution >= 4 is 10.8 Å². The van der Waals surface area contributed by atoms with Crippen molar-refractivity contribution < 1.29 is 4.57 Å². The van der Waals surface area contributed by atoms with Crippen LogP contribution in [0.25, 0.3) is 33.3 Å². The van der Waals surface area contributed by atoms with Crippen LogP contribution < -0.4 is 4.57 Å². The van der Waals surface area contributed by atoms with Crippen molar-refractivity contribution in [3.8, 4) is 22.5 Å². The van der Waals surface area contributed by atoms with Crippen LogP contribution in [0.1, 0.15) is 62.9 Å². The highest BCUT2D eigenvalue weighted by Crippen LogP contribution is 2.38. The summed E-state index contributed by atoms with van der Waals surface area (Å²) < 4.78 is 2.25. The average molecular weight is 425 g/mol. The number of benzene rings is 2. The van der Waals surface area contributed by atoms with Gasteiger partial charge in [0.1, 0.15) is 7.05 Å². The highest BCUT2D eigenvalue weighted by atomic mass is 14.9. The number of nitrogens with zero attached hydrogens (tertiary/aromatic N) is 3. The quantitative estimate of drug-likeness (QED) is 0.338. The fourth-order valence-corrected chi connectivity index (χ4v) is 4.30. The van der Waals surface area contributed by atoms with Crippen LogP contribution in [-0.2, 0) is 12.5 Å². The summed E-state index contributed by atoms with van der Waals surface area (Å²) in [5.74, 6) is 0.355. The Morgan fingerprint density at radius 2 is 1.66 bits per heavy atom. The lowest BCUT2D eigenvalue weighted by atomic mass is 9.82. The Morgan fingerprint density at radius 3 is 2.28 bits per heavy atom. The molecule has 0 aliphatic rings. The van der Waals surface area contributed by atoms with E-state index in [2.05, 4.69) is 103 Å². The van der Waals surface area contributed by atoms with Crippen LogP contribution in [-0.4, -0.2) is 9.97 Å². The SMILES string of the molecule is Cc1cc(C(C)(C)C)cc(-c2c(-c3cnc(C(C)C)cn3)c3ccccc3c[n+]2C)c1C. The molecule has 0 spiro atoms. The molecule has 4 rings (SSSR count). The van der Waals surface area contributed by atoms with Crippen molar-refractivity contribution in [1.29, 1.82) is 0 Å². The van der Waals surface area contributed by atoms with Crippen LogP contribution in [0.15, 0.2) is 55.0 Å². The summed E-state index contributed by atoms with van der Waals surface area (Å²) >= 11 is 0. The molecule has 0 amide bonds. The first-order valence-corrected chi connectivity index (χ1v) is 11.4. The highest BCUT2D eigenvalue weighted by molar-refractivity contribution is 6.00. The van der Waals surface area contributed by atoms with Gasteiger partial charge in [0.05, 0.1) is 28.7 Å². The highest BCUT2D eigenvalue weighted by Gasteiger charge is 2.26. The zero-order valence-corrected chi connectivity index (χ0v) is 20.6. The van der Waals surface area contributed by atoms with Gasteiger partial charge >= 0.3 is 0 Å². The molecule has 4 aromatic rings. The lowest BCUT2D eigenvalue weighted by molar-refractivity contribution is -0.658. The summed E-state index contributed by atoms with van der Waals surface area (Å²) in [4.78, 5) is 9.65. The van der Waals surface area contributed by atoms with Gasteiger partial charge in [0.2, 0.25) is 5.69 Å². The van der Waals surface area contributed by atoms with Gasteiger partial charge in [0, 0.05) is 17.0 Å². The third-order valence-electron chi connectivity index (χ3n) is 6.46. The van der Waals surface area contributed by atoms with E-state index in [1.54, 1.807) is 0 Å². The zero-order chi connectivity index (χ0) is 23.2. The minimum absolute atomic E-state index is 0.0709. The molecule has 0 atom stereocenters. The van der Waals surface area contributed by atoms with Crippen LogP contribution in [0.4, 0.5) is 0 Å². The molecule has 0 aliphatic heterocycles. The van der Waals surface area contributed by atoms with E-state index in [-0.39, 0.29) is 5.41 Å². The molecular weight excluding hydrogens is 390 g/mol. The molecule has 3 nitrogen and oxygen atoms in total. The number of aryl methyl sites for hydroxylation is 2. The van der Waals surface area contributed by atoms with Gasteiger partial charge in [-0.1, -0.05) is 58.9 Å². The van der Waals surface area contributed by atoms with Crippen molar-refractivity contribution in [2.24, 2.45) is 7.05 Å². The molecule has 0 bridgehead atoms. The summed E-state index contributed by atoms with van der Waals surface area (Å²) in [5.41, 5.74) is 9.54. The Kier molecular flexibility index (Phi) is 5.62. The number of hydrogen-bond donors (Lipinski definition) is 0. The molecule has 0 unspecified atom stereocenters. The number of fused-ring (bicyclic) bond motifs is 1. The van der Waals surface area contributed by atoms with Gasteiger partial charge in [0.25, 0.3) is 0 Å². The van der Waals surface area contributed by atoms with Crippen molar-refractivity contribution in [2.75, 3.05) is 0 Å². The smallest absolute Gasteiger partial charge is 0.222 e. The maximum atomic E-state index is 4.90. The molecule has 0 saturated carbocycles. The lowest BCUT2D eigenvalue weighted by Gasteiger charge is -2.22. The maximum absolute atomic E-state index is 4.90. The normalized spacial score (nSPS) is 12.0. The van der Waals surface area contributed by atoms with E-state index in [0.717, 1.165) is 17.0 Å². The van der Waals surface area contributed by atoms with E-state index in [0.29, 0.717) is 5.92 Å². The Morgan fingerprint density at radius 1 is 0.938 bits per heavy atom. The van der Waals surface area contributed by atoms with Crippen LogP contribution in [0.3, 0.4) is 0 Å². The average Bonchev–Trinajstić information content (AvgIpc) is 2.74. The topological polar surface area (TPSA) is 29.7 Å². The fraction of sp³-hybridized carbons (Fsp3) is 0.345. The molecule has 0 N–H and O–H groups in total. The second kappa shape index (κ2) is 8.12. The summed E-state index contributed by atoms with van der Waals surface area (Å²) in [7, 11) is 2.14. The fourth-order valence-electron chi connectivity index (χ4n) is 4.30. The molecule has 2 aromatic heterocycles. The molecule has 0 radical (unpaired) electrons. The first-order valence-electron chi connectivity index (χ1n) is 11.4. The number of aromatic nitrogens is 3. The Bertz CT molecular complexity index is 1290. The second-order valence-electron chi connectivity index (χ2n) is 10.2. The van der Waals surface area contributed by atoms with E-state index in [4.69, 9.17) is 9.97 Å². The molecule has 164 valence electrons. The van der Waals surface area contributed by atoms with E-state index < -0.39 is 0 Å². The van der Waals surface area contributed by atoms with Crippen LogP contribution in [0, 0.1) is 13.8 Å². The zero-order valence-electron chi connectivity index (χ0n) is 20.6. The Balaban J connectivity index is 2.10. The summed E-state index contributed by atoms with van der Waals surface area (Å²) in [6.07, 6.45) is 6.09. The third-order valence-corrected chi connectivity index (χ3v) is 6.46. The number of hydrogen-bond acceptors (Lipinski definition) is 2. The van der Waals surface area contributed by atoms with Gasteiger partial charge in [-0.05, 0) is 54.0 Å². The lowest BCUT2D eigenvalue weighted by Crippen LogP contribution is -2.32. The van der Waals surface area contributed by atoms with E-state index in [1.807, 2.05) is 12.4 Å². The maximum Gasteiger partial charge on any atom is 0.222 e. The number of pyridine rings is 1. The monoisotopic (exact) mass is 424 g/mol. The molecule has 0 fully saturated rings. The van der Waals surface area contributed by atoms with Crippen LogP contribution >= 0.6 is 0 Å². The minimum atomic E-state index is 0.0709. The molecular formula is C29H34N3+. The van der Waals surface area contributed by atoms with Crippen LogP contribution in [0.5, 0.6) is 0 Å². The minimum Gasteiger partial charge on any atom is -0.257 e. The van der Waals surface area contributed by atoms with Gasteiger partial charge in [-0.25, -0.2) is 0 Å². The molecule has 32 heavy (non-hydrogen) atoms. The van der Waals surface area contributed by atoms with Crippen LogP contribution in [0.2, 0.25) is 0 Å². The summed E-state index contributed by atoms with van der Waals surface area (Å²) in [5, 5.41) is 2.40. The van der Waals surface area contributed by atoms with E-state index in [1.165, 1.54) is 38.7 Å². The Hall–Kier alpha value is -3.07. The van der Waals surface area contributed by atoms with Gasteiger partial charge in [-0.15, -0.1) is 0 Å². The first-order chi connectivity index (χ1) is 15.1. The summed E-state index contributed by atoms with van der Waals surface area (Å²) in [6.45, 7) is 15.6. The molecule has 2 heterocycles. The van der Waals surface area contributed by atoms with Crippen molar-refractivity contribution in [3.05, 3.63) is 77.4 Å². The Labute approximate surface area is 192 Å². The molecule has 0 aliphatic carbocycles.